The lowest BCUT2D eigenvalue weighted by Gasteiger charge is -2.25. The summed E-state index contributed by atoms with van der Waals surface area (Å²) in [5.74, 6) is -1.79. The number of hydrogen-bond acceptors (Lipinski definition) is 10. The van der Waals surface area contributed by atoms with E-state index in [1.807, 2.05) is 54.6 Å². The smallest absolute Gasteiger partial charge is 0.312 e. The minimum absolute atomic E-state index is 0.0894. The Morgan fingerprint density at radius 1 is 0.696 bits per heavy atom. The number of phenols is 1. The molecule has 79 heavy (non-hydrogen) atoms. The average Bonchev–Trinajstić information content (AvgIpc) is 4.35. The highest BCUT2D eigenvalue weighted by atomic mass is 35.5. The molecule has 8 rings (SSSR count). The van der Waals surface area contributed by atoms with Gasteiger partial charge in [0.1, 0.15) is 30.2 Å². The van der Waals surface area contributed by atoms with Gasteiger partial charge in [0.15, 0.2) is 0 Å². The molecule has 0 radical (unpaired) electrons. The third-order valence-corrected chi connectivity index (χ3v) is 15.4. The van der Waals surface area contributed by atoms with Gasteiger partial charge in [0.25, 0.3) is 11.8 Å². The molecule has 0 aromatic heterocycles. The van der Waals surface area contributed by atoms with Crippen molar-refractivity contribution in [3.8, 4) is 11.5 Å². The number of ether oxygens (including phenoxy) is 1. The number of nitrogens with zero attached hydrogens (tertiary/aromatic N) is 3. The first kappa shape index (κ1) is 57.5. The number of aromatic hydroxyl groups is 1. The molecule has 9 amide bonds. The SMILES string of the molecule is CC(C)[C@H](NC(=O)CCCCCN1C(=O)C=CC1=O)C(=O)N[C@@H](CCCNC(N)=O)C(=O)Nc1ccc(COc2cc3c(c4ccccc24)[C@@H](CCl)CN3C(=O)CCCC(=O)N2C[C@@H](CCl)c3c2cc(O)c2ccccc32)cc1. The zero-order valence-corrected chi connectivity index (χ0v) is 45.7. The van der Waals surface area contributed by atoms with E-state index in [4.69, 9.17) is 33.7 Å². The number of unbranched alkanes of at least 4 members (excludes halogenated alkanes) is 2. The number of carbonyl (C=O) groups excluding carboxylic acids is 8. The predicted molar refractivity (Wildman–Crippen MR) is 304 cm³/mol. The van der Waals surface area contributed by atoms with Gasteiger partial charge in [-0.2, -0.15) is 0 Å². The first-order valence-electron chi connectivity index (χ1n) is 26.8. The fraction of sp³-hybridized carbons (Fsp3) is 0.390. The Balaban J connectivity index is 0.879. The molecule has 0 saturated heterocycles. The van der Waals surface area contributed by atoms with E-state index in [2.05, 4.69) is 21.3 Å². The molecule has 3 aliphatic heterocycles. The molecule has 7 N–H and O–H groups in total. The van der Waals surface area contributed by atoms with Gasteiger partial charge in [-0.15, -0.1) is 23.2 Å². The molecule has 20 heteroatoms. The summed E-state index contributed by atoms with van der Waals surface area (Å²) in [4.78, 5) is 108. The number of nitrogens with two attached hydrogens (primary N) is 1. The normalized spacial score (nSPS) is 16.3. The Morgan fingerprint density at radius 3 is 1.87 bits per heavy atom. The van der Waals surface area contributed by atoms with Gasteiger partial charge in [-0.3, -0.25) is 38.5 Å². The molecule has 4 atom stereocenters. The van der Waals surface area contributed by atoms with Crippen LogP contribution in [0.3, 0.4) is 0 Å². The summed E-state index contributed by atoms with van der Waals surface area (Å²) in [5.41, 5.74) is 9.69. The molecule has 0 aliphatic carbocycles. The van der Waals surface area contributed by atoms with E-state index < -0.39 is 29.9 Å². The van der Waals surface area contributed by atoms with Crippen molar-refractivity contribution < 1.29 is 48.2 Å². The summed E-state index contributed by atoms with van der Waals surface area (Å²) in [7, 11) is 0. The highest BCUT2D eigenvalue weighted by Crippen LogP contribution is 2.47. The van der Waals surface area contributed by atoms with Crippen molar-refractivity contribution in [1.82, 2.24) is 20.9 Å². The molecule has 0 unspecified atom stereocenters. The number of alkyl halides is 2. The number of halogens is 2. The minimum Gasteiger partial charge on any atom is -0.507 e. The Morgan fingerprint density at radius 2 is 1.28 bits per heavy atom. The van der Waals surface area contributed by atoms with Crippen LogP contribution in [0.15, 0.2) is 97.1 Å². The number of carbonyl (C=O) groups is 8. The van der Waals surface area contributed by atoms with Crippen molar-refractivity contribution in [2.75, 3.05) is 53.1 Å². The van der Waals surface area contributed by atoms with Crippen LogP contribution in [-0.4, -0.2) is 107 Å². The van der Waals surface area contributed by atoms with Crippen LogP contribution in [0.25, 0.3) is 21.5 Å². The average molecular weight is 1120 g/mol. The molecule has 18 nitrogen and oxygen atoms in total. The fourth-order valence-electron chi connectivity index (χ4n) is 10.6. The maximum atomic E-state index is 14.1. The van der Waals surface area contributed by atoms with E-state index in [0.29, 0.717) is 79.3 Å². The summed E-state index contributed by atoms with van der Waals surface area (Å²) in [5, 5.41) is 25.1. The lowest BCUT2D eigenvalue weighted by Crippen LogP contribution is -2.54. The van der Waals surface area contributed by atoms with Crippen LogP contribution in [-0.2, 0) is 40.2 Å². The van der Waals surface area contributed by atoms with E-state index in [1.54, 1.807) is 54.0 Å². The molecular formula is C59H66Cl2N8O10. The van der Waals surface area contributed by atoms with Crippen LogP contribution in [0.5, 0.6) is 11.5 Å². The molecule has 0 saturated carbocycles. The quantitative estimate of drug-likeness (QED) is 0.0187. The molecule has 5 aromatic rings. The Kier molecular flexibility index (Phi) is 19.1. The standard InChI is InChI=1S/C59H66Cl2N8O10/c1-35(2)56(66-49(71)17-4-3-9-27-67-52(74)24-25-53(67)75)58(77)65-44(16-11-26-63-59(62)78)57(76)64-39-22-20-36(21-23-39)34-79-48-29-46-55(43-15-8-6-13-41(43)48)38(31-61)33-69(46)51(73)19-10-18-50(72)68-32-37(30-60)54-42-14-7-5-12-40(42)47(70)28-45(54)68/h5-8,12-15,20-25,28-29,35,37-38,44,56,70H,3-4,9-11,16-19,26-27,30-34H2,1-2H3,(H,64,76)(H,65,77)(H,66,71)(H3,62,63,78)/t37-,38+,44+,56+/m1/s1. The number of imide groups is 1. The van der Waals surface area contributed by atoms with Gasteiger partial charge >= 0.3 is 6.03 Å². The third kappa shape index (κ3) is 13.6. The second-order valence-electron chi connectivity index (χ2n) is 20.5. The van der Waals surface area contributed by atoms with Crippen LogP contribution < -0.4 is 41.5 Å². The summed E-state index contributed by atoms with van der Waals surface area (Å²) >= 11 is 13.0. The van der Waals surface area contributed by atoms with Crippen molar-refractivity contribution >= 4 is 109 Å². The molecule has 0 fully saturated rings. The van der Waals surface area contributed by atoms with Crippen LogP contribution in [0, 0.1) is 5.92 Å². The van der Waals surface area contributed by atoms with Gasteiger partial charge in [0.2, 0.25) is 29.5 Å². The summed E-state index contributed by atoms with van der Waals surface area (Å²) < 4.78 is 6.50. The fourth-order valence-corrected chi connectivity index (χ4v) is 11.1. The molecule has 416 valence electrons. The number of anilines is 3. The van der Waals surface area contributed by atoms with Crippen molar-refractivity contribution in [3.63, 3.8) is 0 Å². The van der Waals surface area contributed by atoms with Crippen LogP contribution >= 0.6 is 23.2 Å². The van der Waals surface area contributed by atoms with Gasteiger partial charge in [0, 0.05) is 110 Å². The van der Waals surface area contributed by atoms with Crippen LogP contribution in [0.4, 0.5) is 21.9 Å². The second-order valence-corrected chi connectivity index (χ2v) is 21.1. The van der Waals surface area contributed by atoms with Gasteiger partial charge in [-0.05, 0) is 77.6 Å². The monoisotopic (exact) mass is 1120 g/mol. The first-order valence-corrected chi connectivity index (χ1v) is 27.9. The maximum absolute atomic E-state index is 14.1. The minimum atomic E-state index is -1.05. The van der Waals surface area contributed by atoms with Gasteiger partial charge < -0.3 is 46.6 Å². The van der Waals surface area contributed by atoms with Gasteiger partial charge in [-0.1, -0.05) is 80.9 Å². The highest BCUT2D eigenvalue weighted by molar-refractivity contribution is 6.19. The van der Waals surface area contributed by atoms with Crippen molar-refractivity contribution in [2.45, 2.75) is 102 Å². The third-order valence-electron chi connectivity index (χ3n) is 14.7. The molecule has 5 aromatic carbocycles. The number of rotatable bonds is 25. The van der Waals surface area contributed by atoms with E-state index in [-0.39, 0.29) is 104 Å². The van der Waals surface area contributed by atoms with E-state index in [0.717, 1.165) is 37.7 Å². The molecule has 3 heterocycles. The number of nitrogens with one attached hydrogen (secondary N) is 4. The number of primary amides is 1. The van der Waals surface area contributed by atoms with E-state index >= 15 is 0 Å². The summed E-state index contributed by atoms with van der Waals surface area (Å²) in [6.45, 7) is 4.85. The Labute approximate surface area is 468 Å². The number of amides is 9. The van der Waals surface area contributed by atoms with Crippen LogP contribution in [0.1, 0.15) is 100 Å². The topological polar surface area (TPSA) is 250 Å². The largest absolute Gasteiger partial charge is 0.507 e. The number of phenolic OH excluding ortho intramolecular Hbond substituents is 1. The Hall–Kier alpha value is -7.70. The highest BCUT2D eigenvalue weighted by Gasteiger charge is 2.37. The lowest BCUT2D eigenvalue weighted by molar-refractivity contribution is -0.137. The number of fused-ring (bicyclic) bond motifs is 6. The van der Waals surface area contributed by atoms with Gasteiger partial charge in [0.05, 0.1) is 11.4 Å². The maximum Gasteiger partial charge on any atom is 0.312 e. The van der Waals surface area contributed by atoms with Crippen LogP contribution in [0.2, 0.25) is 0 Å². The van der Waals surface area contributed by atoms with Crippen molar-refractivity contribution in [1.29, 1.82) is 0 Å². The number of hydrogen-bond donors (Lipinski definition) is 6. The van der Waals surface area contributed by atoms with E-state index in [9.17, 15) is 43.5 Å². The van der Waals surface area contributed by atoms with Gasteiger partial charge in [-0.25, -0.2) is 4.79 Å². The van der Waals surface area contributed by atoms with Crippen molar-refractivity contribution in [2.24, 2.45) is 11.7 Å². The first-order chi connectivity index (χ1) is 38.1. The lowest BCUT2D eigenvalue weighted by atomic mass is 9.95. The summed E-state index contributed by atoms with van der Waals surface area (Å²) in [6, 6.07) is 23.1. The molecule has 0 bridgehead atoms. The second kappa shape index (κ2) is 26.3. The van der Waals surface area contributed by atoms with E-state index in [1.165, 1.54) is 12.2 Å². The number of benzene rings is 5. The number of urea groups is 1. The zero-order valence-electron chi connectivity index (χ0n) is 44.2. The molecular weight excluding hydrogens is 1050 g/mol. The molecule has 3 aliphatic rings. The zero-order chi connectivity index (χ0) is 56.3. The Bertz CT molecular complexity index is 3150. The molecule has 0 spiro atoms. The summed E-state index contributed by atoms with van der Waals surface area (Å²) in [6.07, 6.45) is 5.13. The predicted octanol–water partition coefficient (Wildman–Crippen LogP) is 7.98. The van der Waals surface area contributed by atoms with Crippen molar-refractivity contribution in [3.05, 3.63) is 114 Å².